The van der Waals surface area contributed by atoms with Crippen molar-refractivity contribution in [1.29, 1.82) is 0 Å². The van der Waals surface area contributed by atoms with Gasteiger partial charge in [-0.15, -0.1) is 11.3 Å². The van der Waals surface area contributed by atoms with Crippen LogP contribution in [0, 0.1) is 0 Å². The van der Waals surface area contributed by atoms with Gasteiger partial charge in [0.1, 0.15) is 0 Å². The highest BCUT2D eigenvalue weighted by Crippen LogP contribution is 2.23. The van der Waals surface area contributed by atoms with Gasteiger partial charge < -0.3 is 15.5 Å². The van der Waals surface area contributed by atoms with Crippen LogP contribution in [0.1, 0.15) is 41.2 Å². The lowest BCUT2D eigenvalue weighted by Crippen LogP contribution is -2.44. The molecule has 9 heteroatoms. The van der Waals surface area contributed by atoms with Crippen LogP contribution < -0.4 is 15.5 Å². The minimum atomic E-state index is -3.19. The maximum atomic E-state index is 12.5. The van der Waals surface area contributed by atoms with Crippen molar-refractivity contribution in [3.8, 4) is 0 Å². The van der Waals surface area contributed by atoms with Crippen LogP contribution in [-0.2, 0) is 21.2 Å². The predicted molar refractivity (Wildman–Crippen MR) is 119 cm³/mol. The van der Waals surface area contributed by atoms with Crippen molar-refractivity contribution in [1.82, 2.24) is 10.6 Å². The first-order valence-electron chi connectivity index (χ1n) is 10.0. The van der Waals surface area contributed by atoms with E-state index in [9.17, 15) is 18.0 Å². The predicted octanol–water partition coefficient (Wildman–Crippen LogP) is 2.58. The van der Waals surface area contributed by atoms with Gasteiger partial charge in [0.2, 0.25) is 5.91 Å². The van der Waals surface area contributed by atoms with Gasteiger partial charge in [-0.1, -0.05) is 6.92 Å². The third kappa shape index (κ3) is 5.60. The van der Waals surface area contributed by atoms with Gasteiger partial charge in [-0.25, -0.2) is 8.42 Å². The summed E-state index contributed by atoms with van der Waals surface area (Å²) in [4.78, 5) is 27.7. The second kappa shape index (κ2) is 9.61. The lowest BCUT2D eigenvalue weighted by Gasteiger charge is -2.34. The zero-order valence-electron chi connectivity index (χ0n) is 17.2. The number of rotatable bonds is 7. The maximum absolute atomic E-state index is 12.5. The number of piperidine rings is 1. The molecule has 30 heavy (non-hydrogen) atoms. The van der Waals surface area contributed by atoms with Crippen molar-refractivity contribution in [2.75, 3.05) is 23.7 Å². The first-order valence-corrected chi connectivity index (χ1v) is 12.5. The van der Waals surface area contributed by atoms with E-state index < -0.39 is 9.84 Å². The molecule has 0 radical (unpaired) electrons. The molecule has 162 valence electrons. The molecule has 0 bridgehead atoms. The molecule has 0 atom stereocenters. The number of anilines is 1. The first-order chi connectivity index (χ1) is 14.3. The van der Waals surface area contributed by atoms with Crippen LogP contribution >= 0.6 is 11.3 Å². The maximum Gasteiger partial charge on any atom is 0.261 e. The zero-order valence-corrected chi connectivity index (χ0v) is 18.8. The van der Waals surface area contributed by atoms with Crippen LogP contribution in [0.5, 0.6) is 0 Å². The van der Waals surface area contributed by atoms with Crippen molar-refractivity contribution in [2.24, 2.45) is 0 Å². The Morgan fingerprint density at radius 3 is 2.37 bits per heavy atom. The molecule has 7 nitrogen and oxygen atoms in total. The highest BCUT2D eigenvalue weighted by Gasteiger charge is 2.22. The molecule has 0 aliphatic carbocycles. The van der Waals surface area contributed by atoms with Crippen LogP contribution in [0.15, 0.2) is 41.3 Å². The number of carbonyl (C=O) groups excluding carboxylic acids is 2. The fourth-order valence-electron chi connectivity index (χ4n) is 3.38. The van der Waals surface area contributed by atoms with E-state index in [0.717, 1.165) is 36.5 Å². The molecule has 0 unspecified atom stereocenters. The monoisotopic (exact) mass is 449 g/mol. The third-order valence-corrected chi connectivity index (χ3v) is 8.00. The van der Waals surface area contributed by atoms with Crippen molar-refractivity contribution >= 4 is 38.7 Å². The van der Waals surface area contributed by atoms with Gasteiger partial charge in [-0.2, -0.15) is 0 Å². The summed E-state index contributed by atoms with van der Waals surface area (Å²) in [7, 11) is -3.19. The zero-order chi connectivity index (χ0) is 21.7. The van der Waals surface area contributed by atoms with Gasteiger partial charge in [0.25, 0.3) is 5.91 Å². The van der Waals surface area contributed by atoms with Crippen molar-refractivity contribution < 1.29 is 18.0 Å². The lowest BCUT2D eigenvalue weighted by molar-refractivity contribution is -0.119. The van der Waals surface area contributed by atoms with Crippen LogP contribution in [0.3, 0.4) is 0 Å². The van der Waals surface area contributed by atoms with Crippen molar-refractivity contribution in [3.63, 3.8) is 0 Å². The van der Waals surface area contributed by atoms with E-state index in [1.54, 1.807) is 25.1 Å². The second-order valence-corrected chi connectivity index (χ2v) is 10.8. The molecule has 1 fully saturated rings. The fourth-order valence-corrected chi connectivity index (χ4v) is 5.11. The highest BCUT2D eigenvalue weighted by atomic mass is 32.2. The molecule has 1 aromatic carbocycles. The molecule has 2 heterocycles. The molecule has 0 spiro atoms. The topological polar surface area (TPSA) is 95.6 Å². The van der Waals surface area contributed by atoms with E-state index in [1.807, 2.05) is 18.2 Å². The summed E-state index contributed by atoms with van der Waals surface area (Å²) >= 11 is 1.39. The Bertz CT molecular complexity index is 992. The Kier molecular flexibility index (Phi) is 7.14. The number of carbonyl (C=O) groups is 2. The number of nitrogens with zero attached hydrogens (tertiary/aromatic N) is 1. The Morgan fingerprint density at radius 2 is 1.77 bits per heavy atom. The summed E-state index contributed by atoms with van der Waals surface area (Å²) in [6, 6.07) is 10.8. The molecular weight excluding hydrogens is 422 g/mol. The van der Waals surface area contributed by atoms with Gasteiger partial charge >= 0.3 is 0 Å². The molecule has 1 aliphatic rings. The summed E-state index contributed by atoms with van der Waals surface area (Å²) in [5, 5.41) is 5.83. The average molecular weight is 450 g/mol. The number of hydrogen-bond acceptors (Lipinski definition) is 6. The van der Waals surface area contributed by atoms with E-state index in [0.29, 0.717) is 16.3 Å². The highest BCUT2D eigenvalue weighted by molar-refractivity contribution is 7.91. The summed E-state index contributed by atoms with van der Waals surface area (Å²) in [5.41, 5.74) is 0.996. The molecule has 2 amide bonds. The van der Waals surface area contributed by atoms with E-state index in [2.05, 4.69) is 15.5 Å². The van der Waals surface area contributed by atoms with Gasteiger partial charge in [-0.05, 0) is 49.2 Å². The lowest BCUT2D eigenvalue weighted by atomic mass is 10.0. The van der Waals surface area contributed by atoms with Crippen LogP contribution in [0.4, 0.5) is 5.69 Å². The van der Waals surface area contributed by atoms with Gasteiger partial charge in [0.05, 0.1) is 22.1 Å². The molecule has 1 aliphatic heterocycles. The van der Waals surface area contributed by atoms with Crippen molar-refractivity contribution in [3.05, 3.63) is 46.2 Å². The number of hydrogen-bond donors (Lipinski definition) is 2. The second-order valence-electron chi connectivity index (χ2n) is 7.31. The SMILES string of the molecule is CCS(=O)(=O)c1ccc(N2CCC(NC(=O)c3ccc(CNC(C)=O)s3)CC2)cc1. The average Bonchev–Trinajstić information content (AvgIpc) is 3.22. The number of thiophene rings is 1. The molecule has 3 rings (SSSR count). The quantitative estimate of drug-likeness (QED) is 0.677. The summed E-state index contributed by atoms with van der Waals surface area (Å²) in [6.45, 7) is 5.13. The third-order valence-electron chi connectivity index (χ3n) is 5.17. The van der Waals surface area contributed by atoms with Crippen LogP contribution in [-0.4, -0.2) is 45.1 Å². The molecule has 2 aromatic rings. The first kappa shape index (κ1) is 22.3. The molecule has 0 saturated carbocycles. The molecule has 2 N–H and O–H groups in total. The minimum absolute atomic E-state index is 0.0818. The molecule has 1 saturated heterocycles. The Hall–Kier alpha value is -2.39. The summed E-state index contributed by atoms with van der Waals surface area (Å²) in [6.07, 6.45) is 1.65. The van der Waals surface area contributed by atoms with Gasteiger partial charge in [0, 0.05) is 36.6 Å². The fraction of sp³-hybridized carbons (Fsp3) is 0.429. The Labute approximate surface area is 181 Å². The number of sulfone groups is 1. The van der Waals surface area contributed by atoms with E-state index in [1.165, 1.54) is 18.3 Å². The van der Waals surface area contributed by atoms with Gasteiger partial charge in [-0.3, -0.25) is 9.59 Å². The Balaban J connectivity index is 1.51. The number of nitrogens with one attached hydrogen (secondary N) is 2. The minimum Gasteiger partial charge on any atom is -0.371 e. The smallest absolute Gasteiger partial charge is 0.261 e. The Morgan fingerprint density at radius 1 is 1.10 bits per heavy atom. The largest absolute Gasteiger partial charge is 0.371 e. The van der Waals surface area contributed by atoms with Gasteiger partial charge in [0.15, 0.2) is 9.84 Å². The molecule has 1 aromatic heterocycles. The standard InChI is InChI=1S/C21H27N3O4S2/c1-3-30(27,28)19-7-4-17(5-8-19)24-12-10-16(11-13-24)23-21(26)20-9-6-18(29-20)14-22-15(2)25/h4-9,16H,3,10-14H2,1-2H3,(H,22,25)(H,23,26). The molecular formula is C21H27N3O4S2. The summed E-state index contributed by atoms with van der Waals surface area (Å²) < 4.78 is 23.9. The van der Waals surface area contributed by atoms with Crippen LogP contribution in [0.25, 0.3) is 0 Å². The normalized spacial score (nSPS) is 15.1. The number of benzene rings is 1. The summed E-state index contributed by atoms with van der Waals surface area (Å²) in [5.74, 6) is -0.0828. The van der Waals surface area contributed by atoms with E-state index >= 15 is 0 Å². The van der Waals surface area contributed by atoms with E-state index in [4.69, 9.17) is 0 Å². The number of amides is 2. The van der Waals surface area contributed by atoms with Crippen molar-refractivity contribution in [2.45, 2.75) is 44.2 Å². The van der Waals surface area contributed by atoms with Crippen LogP contribution in [0.2, 0.25) is 0 Å². The van der Waals surface area contributed by atoms with E-state index in [-0.39, 0.29) is 23.6 Å².